The zero-order valence-corrected chi connectivity index (χ0v) is 16.1. The molecule has 1 fully saturated rings. The van der Waals surface area contributed by atoms with Crippen molar-refractivity contribution in [1.82, 2.24) is 14.0 Å². The fraction of sp³-hybridized carbons (Fsp3) is 0.476. The third kappa shape index (κ3) is 2.83. The van der Waals surface area contributed by atoms with E-state index in [0.29, 0.717) is 22.5 Å². The fourth-order valence-electron chi connectivity index (χ4n) is 4.34. The van der Waals surface area contributed by atoms with Crippen LogP contribution in [-0.4, -0.2) is 27.0 Å². The lowest BCUT2D eigenvalue weighted by molar-refractivity contribution is 0.0600. The molecule has 0 aliphatic heterocycles. The van der Waals surface area contributed by atoms with Crippen LogP contribution >= 0.6 is 0 Å². The van der Waals surface area contributed by atoms with Crippen molar-refractivity contribution >= 4 is 22.5 Å². The van der Waals surface area contributed by atoms with Gasteiger partial charge >= 0.3 is 5.97 Å². The molecule has 0 unspecified atom stereocenters. The number of hydrogen-bond acceptors (Lipinski definition) is 4. The maximum Gasteiger partial charge on any atom is 0.338 e. The number of benzene rings is 1. The van der Waals surface area contributed by atoms with Crippen molar-refractivity contribution in [3.63, 3.8) is 0 Å². The highest BCUT2D eigenvalue weighted by molar-refractivity contribution is 5.96. The van der Waals surface area contributed by atoms with Gasteiger partial charge in [-0.15, -0.1) is 0 Å². The van der Waals surface area contributed by atoms with Crippen molar-refractivity contribution in [1.29, 1.82) is 0 Å². The van der Waals surface area contributed by atoms with E-state index < -0.39 is 5.97 Å². The van der Waals surface area contributed by atoms with E-state index in [2.05, 4.69) is 4.98 Å². The van der Waals surface area contributed by atoms with Gasteiger partial charge in [-0.1, -0.05) is 25.7 Å². The summed E-state index contributed by atoms with van der Waals surface area (Å²) in [4.78, 5) is 29.7. The molecule has 2 heterocycles. The second kappa shape index (κ2) is 6.83. The van der Waals surface area contributed by atoms with Gasteiger partial charge < -0.3 is 9.30 Å². The summed E-state index contributed by atoms with van der Waals surface area (Å²) in [5.74, 6) is 0.947. The van der Waals surface area contributed by atoms with Crippen LogP contribution in [0.2, 0.25) is 0 Å². The van der Waals surface area contributed by atoms with Crippen LogP contribution in [0.4, 0.5) is 0 Å². The van der Waals surface area contributed by atoms with E-state index in [1.807, 2.05) is 17.4 Å². The average Bonchev–Trinajstić information content (AvgIpc) is 2.93. The summed E-state index contributed by atoms with van der Waals surface area (Å²) >= 11 is 0. The Kier molecular flexibility index (Phi) is 4.50. The first-order valence-corrected chi connectivity index (χ1v) is 9.62. The lowest BCUT2D eigenvalue weighted by Crippen LogP contribution is -2.21. The normalized spacial score (nSPS) is 16.0. The summed E-state index contributed by atoms with van der Waals surface area (Å²) in [6.07, 6.45) is 8.85. The molecular weight excluding hydrogens is 342 g/mol. The van der Waals surface area contributed by atoms with Gasteiger partial charge in [0.15, 0.2) is 0 Å². The van der Waals surface area contributed by atoms with E-state index in [1.54, 1.807) is 23.9 Å². The second-order valence-corrected chi connectivity index (χ2v) is 7.54. The van der Waals surface area contributed by atoms with Gasteiger partial charge in [-0.05, 0) is 37.5 Å². The van der Waals surface area contributed by atoms with E-state index in [-0.39, 0.29) is 5.56 Å². The number of aromatic nitrogens is 3. The Morgan fingerprint density at radius 3 is 2.48 bits per heavy atom. The molecular formula is C21H25N3O3. The Hall–Kier alpha value is -2.63. The number of methoxy groups -OCH3 is 1. The average molecular weight is 367 g/mol. The number of imidazole rings is 1. The van der Waals surface area contributed by atoms with Gasteiger partial charge in [0.2, 0.25) is 0 Å². The van der Waals surface area contributed by atoms with Crippen LogP contribution in [0.3, 0.4) is 0 Å². The maximum absolute atomic E-state index is 12.9. The highest BCUT2D eigenvalue weighted by atomic mass is 16.5. The summed E-state index contributed by atoms with van der Waals surface area (Å²) in [6.45, 7) is 1.89. The molecule has 6 nitrogen and oxygen atoms in total. The molecule has 0 atom stereocenters. The van der Waals surface area contributed by atoms with Crippen molar-refractivity contribution in [2.75, 3.05) is 7.11 Å². The van der Waals surface area contributed by atoms with E-state index in [1.165, 1.54) is 32.8 Å². The zero-order chi connectivity index (χ0) is 19.1. The number of hydrogen-bond donors (Lipinski definition) is 0. The van der Waals surface area contributed by atoms with Gasteiger partial charge in [0.25, 0.3) is 5.56 Å². The molecule has 3 aromatic rings. The van der Waals surface area contributed by atoms with Crippen LogP contribution in [0, 0.1) is 6.92 Å². The Morgan fingerprint density at radius 1 is 1.11 bits per heavy atom. The molecule has 6 heteroatoms. The Balaban J connectivity index is 2.03. The summed E-state index contributed by atoms with van der Waals surface area (Å²) in [5.41, 5.74) is 3.43. The number of carbonyl (C=O) groups excluding carboxylic acids is 1. The predicted molar refractivity (Wildman–Crippen MR) is 104 cm³/mol. The summed E-state index contributed by atoms with van der Waals surface area (Å²) < 4.78 is 8.50. The van der Waals surface area contributed by atoms with Crippen LogP contribution < -0.4 is 5.56 Å². The van der Waals surface area contributed by atoms with Crippen LogP contribution in [0.5, 0.6) is 0 Å². The molecule has 0 radical (unpaired) electrons. The highest BCUT2D eigenvalue weighted by Crippen LogP contribution is 2.32. The molecule has 1 aliphatic rings. The van der Waals surface area contributed by atoms with Crippen LogP contribution in [0.25, 0.3) is 16.6 Å². The van der Waals surface area contributed by atoms with Gasteiger partial charge in [0.05, 0.1) is 29.9 Å². The number of aryl methyl sites for hydroxylation is 2. The minimum Gasteiger partial charge on any atom is -0.465 e. The van der Waals surface area contributed by atoms with Gasteiger partial charge in [-0.2, -0.15) is 0 Å². The number of carbonyl (C=O) groups is 1. The lowest BCUT2D eigenvalue weighted by atomic mass is 9.99. The molecule has 0 saturated heterocycles. The zero-order valence-electron chi connectivity index (χ0n) is 16.1. The van der Waals surface area contributed by atoms with Crippen molar-refractivity contribution < 1.29 is 9.53 Å². The van der Waals surface area contributed by atoms with Crippen LogP contribution in [0.1, 0.15) is 66.2 Å². The van der Waals surface area contributed by atoms with Crippen molar-refractivity contribution in [2.24, 2.45) is 7.05 Å². The van der Waals surface area contributed by atoms with Gasteiger partial charge in [-0.25, -0.2) is 9.78 Å². The van der Waals surface area contributed by atoms with Crippen molar-refractivity contribution in [3.05, 3.63) is 45.6 Å². The first-order valence-electron chi connectivity index (χ1n) is 9.62. The minimum absolute atomic E-state index is 0.102. The topological polar surface area (TPSA) is 65.6 Å². The SMILES string of the molecule is COC(=O)c1cc2c(cc1C)n1c(C3CCCCCC3)ncc1c(=O)n2C. The summed E-state index contributed by atoms with van der Waals surface area (Å²) in [7, 11) is 3.10. The third-order valence-corrected chi connectivity index (χ3v) is 5.86. The smallest absolute Gasteiger partial charge is 0.338 e. The standard InChI is InChI=1S/C21H25N3O3/c1-13-10-17-16(11-15(13)21(26)27-3)23(2)20(25)18-12-22-19(24(17)18)14-8-6-4-5-7-9-14/h10-12,14H,4-9H2,1-3H3. The molecule has 142 valence electrons. The first kappa shape index (κ1) is 17.8. The summed E-state index contributed by atoms with van der Waals surface area (Å²) in [6, 6.07) is 3.73. The molecule has 2 aromatic heterocycles. The van der Waals surface area contributed by atoms with E-state index >= 15 is 0 Å². The largest absolute Gasteiger partial charge is 0.465 e. The lowest BCUT2D eigenvalue weighted by Gasteiger charge is -2.17. The number of rotatable bonds is 2. The maximum atomic E-state index is 12.9. The molecule has 27 heavy (non-hydrogen) atoms. The Labute approximate surface area is 157 Å². The predicted octanol–water partition coefficient (Wildman–Crippen LogP) is 3.72. The molecule has 1 aromatic carbocycles. The van der Waals surface area contributed by atoms with Crippen molar-refractivity contribution in [3.8, 4) is 0 Å². The number of fused-ring (bicyclic) bond motifs is 3. The molecule has 4 rings (SSSR count). The number of ether oxygens (including phenoxy) is 1. The van der Waals surface area contributed by atoms with Crippen LogP contribution in [0.15, 0.2) is 23.1 Å². The first-order chi connectivity index (χ1) is 13.0. The molecule has 1 aliphatic carbocycles. The third-order valence-electron chi connectivity index (χ3n) is 5.86. The molecule has 0 spiro atoms. The molecule has 1 saturated carbocycles. The van der Waals surface area contributed by atoms with Crippen molar-refractivity contribution in [2.45, 2.75) is 51.4 Å². The van der Waals surface area contributed by atoms with Crippen LogP contribution in [-0.2, 0) is 11.8 Å². The number of nitrogens with zero attached hydrogens (tertiary/aromatic N) is 3. The monoisotopic (exact) mass is 367 g/mol. The fourth-order valence-corrected chi connectivity index (χ4v) is 4.34. The summed E-state index contributed by atoms with van der Waals surface area (Å²) in [5, 5.41) is 0. The minimum atomic E-state index is -0.392. The molecule has 0 N–H and O–H groups in total. The van der Waals surface area contributed by atoms with Gasteiger partial charge in [0, 0.05) is 13.0 Å². The number of esters is 1. The second-order valence-electron chi connectivity index (χ2n) is 7.54. The van der Waals surface area contributed by atoms with Gasteiger partial charge in [0.1, 0.15) is 11.3 Å². The molecule has 0 bridgehead atoms. The Morgan fingerprint density at radius 2 is 1.81 bits per heavy atom. The quantitative estimate of drug-likeness (QED) is 0.511. The highest BCUT2D eigenvalue weighted by Gasteiger charge is 2.23. The van der Waals surface area contributed by atoms with E-state index in [9.17, 15) is 9.59 Å². The van der Waals surface area contributed by atoms with E-state index in [0.717, 1.165) is 29.7 Å². The Bertz CT molecular complexity index is 1090. The van der Waals surface area contributed by atoms with Gasteiger partial charge in [-0.3, -0.25) is 9.20 Å². The van der Waals surface area contributed by atoms with E-state index in [4.69, 9.17) is 4.74 Å². The molecule has 0 amide bonds.